The van der Waals surface area contributed by atoms with Crippen LogP contribution in [0, 0.1) is 0 Å². The molecule has 1 aliphatic rings. The second-order valence-corrected chi connectivity index (χ2v) is 7.56. The zero-order valence-electron chi connectivity index (χ0n) is 16.5. The molecular formula is C21H25N3O4S. The van der Waals surface area contributed by atoms with Crippen molar-refractivity contribution in [1.82, 2.24) is 9.79 Å². The molecule has 0 spiro atoms. The maximum absolute atomic E-state index is 11.3. The topological polar surface area (TPSA) is 74.3 Å². The quantitative estimate of drug-likeness (QED) is 0.312. The van der Waals surface area contributed by atoms with Crippen LogP contribution in [-0.4, -0.2) is 55.8 Å². The van der Waals surface area contributed by atoms with Crippen molar-refractivity contribution in [2.24, 2.45) is 0 Å². The van der Waals surface area contributed by atoms with Gasteiger partial charge in [0, 0.05) is 42.8 Å². The summed E-state index contributed by atoms with van der Waals surface area (Å²) in [6.07, 6.45) is 3.04. The van der Waals surface area contributed by atoms with Crippen LogP contribution in [0.3, 0.4) is 0 Å². The first-order valence-corrected chi connectivity index (χ1v) is 10.0. The van der Waals surface area contributed by atoms with Crippen molar-refractivity contribution in [2.75, 3.05) is 45.3 Å². The van der Waals surface area contributed by atoms with E-state index in [-0.39, 0.29) is 0 Å². The van der Waals surface area contributed by atoms with Crippen LogP contribution in [0.25, 0.3) is 6.08 Å². The van der Waals surface area contributed by atoms with E-state index in [2.05, 4.69) is 9.21 Å². The van der Waals surface area contributed by atoms with E-state index in [1.54, 1.807) is 37.7 Å². The van der Waals surface area contributed by atoms with Crippen LogP contribution in [0.15, 0.2) is 53.4 Å². The summed E-state index contributed by atoms with van der Waals surface area (Å²) in [5.74, 6) is 0.904. The van der Waals surface area contributed by atoms with Crippen molar-refractivity contribution in [1.29, 1.82) is 0 Å². The van der Waals surface area contributed by atoms with Gasteiger partial charge in [-0.25, -0.2) is 9.79 Å². The molecule has 0 aromatic heterocycles. The molecule has 8 heteroatoms. The van der Waals surface area contributed by atoms with E-state index >= 15 is 0 Å². The molecule has 0 aliphatic carbocycles. The highest BCUT2D eigenvalue weighted by atomic mass is 32.2. The molecule has 1 saturated heterocycles. The van der Waals surface area contributed by atoms with E-state index in [4.69, 9.17) is 14.7 Å². The summed E-state index contributed by atoms with van der Waals surface area (Å²) in [4.78, 5) is 14.7. The molecule has 0 radical (unpaired) electrons. The Bertz CT molecular complexity index is 867. The van der Waals surface area contributed by atoms with E-state index < -0.39 is 5.91 Å². The van der Waals surface area contributed by atoms with E-state index in [9.17, 15) is 4.79 Å². The van der Waals surface area contributed by atoms with Crippen molar-refractivity contribution >= 4 is 29.6 Å². The lowest BCUT2D eigenvalue weighted by Gasteiger charge is -2.36. The Kier molecular flexibility index (Phi) is 7.40. The SMILES string of the molecule is COc1ccc(SN2CCN(c3ccccc3/C=C/C(=O)NO)CC2)cc1OC. The van der Waals surface area contributed by atoms with Gasteiger partial charge >= 0.3 is 0 Å². The van der Waals surface area contributed by atoms with E-state index in [0.717, 1.165) is 53.8 Å². The summed E-state index contributed by atoms with van der Waals surface area (Å²) in [7, 11) is 3.27. The molecule has 0 bridgehead atoms. The summed E-state index contributed by atoms with van der Waals surface area (Å²) in [6.45, 7) is 3.54. The van der Waals surface area contributed by atoms with Gasteiger partial charge in [0.05, 0.1) is 14.2 Å². The summed E-state index contributed by atoms with van der Waals surface area (Å²) >= 11 is 1.71. The van der Waals surface area contributed by atoms with Gasteiger partial charge in [0.1, 0.15) is 0 Å². The summed E-state index contributed by atoms with van der Waals surface area (Å²) in [5.41, 5.74) is 3.63. The predicted octanol–water partition coefficient (Wildman–Crippen LogP) is 3.05. The van der Waals surface area contributed by atoms with Gasteiger partial charge < -0.3 is 14.4 Å². The Labute approximate surface area is 175 Å². The standard InChI is InChI=1S/C21H25N3O4S/c1-27-19-9-8-17(15-20(19)28-2)29-24-13-11-23(12-14-24)18-6-4-3-5-16(18)7-10-21(25)22-26/h3-10,15,26H,11-14H2,1-2H3,(H,22,25)/b10-7+. The molecule has 0 unspecified atom stereocenters. The number of carbonyl (C=O) groups is 1. The molecule has 1 fully saturated rings. The third-order valence-electron chi connectivity index (χ3n) is 4.63. The highest BCUT2D eigenvalue weighted by Crippen LogP contribution is 2.34. The number of nitrogens with one attached hydrogen (secondary N) is 1. The number of carbonyl (C=O) groups excluding carboxylic acids is 1. The molecule has 0 atom stereocenters. The minimum absolute atomic E-state index is 0.545. The summed E-state index contributed by atoms with van der Waals surface area (Å²) in [5, 5.41) is 8.66. The Morgan fingerprint density at radius 3 is 2.48 bits per heavy atom. The normalized spacial score (nSPS) is 14.8. The van der Waals surface area contributed by atoms with Crippen LogP contribution in [0.2, 0.25) is 0 Å². The number of hydrogen-bond donors (Lipinski definition) is 2. The third kappa shape index (κ3) is 5.44. The van der Waals surface area contributed by atoms with Gasteiger partial charge in [0.25, 0.3) is 5.91 Å². The molecule has 154 valence electrons. The van der Waals surface area contributed by atoms with E-state index in [1.807, 2.05) is 42.5 Å². The number of hydroxylamine groups is 1. The van der Waals surface area contributed by atoms with Crippen molar-refractivity contribution < 1.29 is 19.5 Å². The maximum Gasteiger partial charge on any atom is 0.267 e. The van der Waals surface area contributed by atoms with Gasteiger partial charge in [-0.2, -0.15) is 0 Å². The first-order valence-electron chi connectivity index (χ1n) is 9.25. The Morgan fingerprint density at radius 1 is 1.07 bits per heavy atom. The molecule has 1 heterocycles. The van der Waals surface area contributed by atoms with Crippen molar-refractivity contribution in [3.8, 4) is 11.5 Å². The first kappa shape index (κ1) is 21.0. The summed E-state index contributed by atoms with van der Waals surface area (Å²) in [6, 6.07) is 13.9. The van der Waals surface area contributed by atoms with Crippen LogP contribution in [0.4, 0.5) is 5.69 Å². The second kappa shape index (κ2) is 10.2. The van der Waals surface area contributed by atoms with Crippen molar-refractivity contribution in [3.63, 3.8) is 0 Å². The molecular weight excluding hydrogens is 390 g/mol. The fourth-order valence-electron chi connectivity index (χ4n) is 3.16. The number of ether oxygens (including phenoxy) is 2. The number of benzene rings is 2. The largest absolute Gasteiger partial charge is 0.493 e. The summed E-state index contributed by atoms with van der Waals surface area (Å²) < 4.78 is 13.0. The van der Waals surface area contributed by atoms with Crippen LogP contribution in [-0.2, 0) is 4.79 Å². The van der Waals surface area contributed by atoms with E-state index in [0.29, 0.717) is 0 Å². The number of hydrogen-bond acceptors (Lipinski definition) is 7. The molecule has 1 amide bonds. The number of nitrogens with zero attached hydrogens (tertiary/aromatic N) is 2. The lowest BCUT2D eigenvalue weighted by molar-refractivity contribution is -0.124. The average Bonchev–Trinajstić information content (AvgIpc) is 2.78. The van der Waals surface area contributed by atoms with Crippen LogP contribution >= 0.6 is 11.9 Å². The first-order chi connectivity index (χ1) is 14.1. The monoisotopic (exact) mass is 415 g/mol. The molecule has 2 aromatic rings. The highest BCUT2D eigenvalue weighted by molar-refractivity contribution is 7.97. The second-order valence-electron chi connectivity index (χ2n) is 6.39. The number of amides is 1. The van der Waals surface area contributed by atoms with Crippen LogP contribution < -0.4 is 19.9 Å². The zero-order valence-corrected chi connectivity index (χ0v) is 17.3. The lowest BCUT2D eigenvalue weighted by Crippen LogP contribution is -2.43. The molecule has 0 saturated carbocycles. The molecule has 2 aromatic carbocycles. The molecule has 7 nitrogen and oxygen atoms in total. The van der Waals surface area contributed by atoms with E-state index in [1.165, 1.54) is 6.08 Å². The Balaban J connectivity index is 1.63. The number of piperazine rings is 1. The smallest absolute Gasteiger partial charge is 0.267 e. The fourth-order valence-corrected chi connectivity index (χ4v) is 4.09. The average molecular weight is 416 g/mol. The molecule has 29 heavy (non-hydrogen) atoms. The van der Waals surface area contributed by atoms with Crippen molar-refractivity contribution in [2.45, 2.75) is 4.90 Å². The minimum Gasteiger partial charge on any atom is -0.493 e. The molecule has 2 N–H and O–H groups in total. The van der Waals surface area contributed by atoms with Gasteiger partial charge in [-0.1, -0.05) is 18.2 Å². The fraction of sp³-hybridized carbons (Fsp3) is 0.286. The zero-order chi connectivity index (χ0) is 20.6. The van der Waals surface area contributed by atoms with Gasteiger partial charge in [-0.3, -0.25) is 10.0 Å². The third-order valence-corrected chi connectivity index (χ3v) is 5.72. The van der Waals surface area contributed by atoms with Crippen LogP contribution in [0.5, 0.6) is 11.5 Å². The number of rotatable bonds is 7. The molecule has 1 aliphatic heterocycles. The Hall–Kier alpha value is -2.68. The van der Waals surface area contributed by atoms with Gasteiger partial charge in [-0.05, 0) is 47.9 Å². The number of anilines is 1. The maximum atomic E-state index is 11.3. The van der Waals surface area contributed by atoms with Crippen molar-refractivity contribution in [3.05, 3.63) is 54.1 Å². The molecule has 3 rings (SSSR count). The minimum atomic E-state index is -0.545. The van der Waals surface area contributed by atoms with Gasteiger partial charge in [0.15, 0.2) is 11.5 Å². The lowest BCUT2D eigenvalue weighted by atomic mass is 10.1. The number of methoxy groups -OCH3 is 2. The highest BCUT2D eigenvalue weighted by Gasteiger charge is 2.20. The predicted molar refractivity (Wildman–Crippen MR) is 115 cm³/mol. The Morgan fingerprint density at radius 2 is 1.79 bits per heavy atom. The van der Waals surface area contributed by atoms with Crippen LogP contribution in [0.1, 0.15) is 5.56 Å². The van der Waals surface area contributed by atoms with Gasteiger partial charge in [0.2, 0.25) is 0 Å². The van der Waals surface area contributed by atoms with Gasteiger partial charge in [-0.15, -0.1) is 0 Å². The number of para-hydroxylation sites is 1.